The lowest BCUT2D eigenvalue weighted by atomic mass is 10.0. The molecule has 17 heavy (non-hydrogen) atoms. The molecule has 1 atom stereocenters. The summed E-state index contributed by atoms with van der Waals surface area (Å²) in [6, 6.07) is 8.47. The molecule has 3 heteroatoms. The summed E-state index contributed by atoms with van der Waals surface area (Å²) >= 11 is 0. The Bertz CT molecular complexity index is 464. The van der Waals surface area contributed by atoms with Gasteiger partial charge in [-0.15, -0.1) is 0 Å². The molecule has 2 aromatic rings. The normalized spacial score (nSPS) is 13.1. The summed E-state index contributed by atoms with van der Waals surface area (Å²) in [7, 11) is 3.72. The van der Waals surface area contributed by atoms with Crippen LogP contribution in [-0.4, -0.2) is 20.8 Å². The van der Waals surface area contributed by atoms with Crippen molar-refractivity contribution in [2.45, 2.75) is 18.9 Å². The highest BCUT2D eigenvalue weighted by atomic mass is 16.5. The topological polar surface area (TPSA) is 34.4 Å². The Morgan fingerprint density at radius 3 is 2.94 bits per heavy atom. The second-order valence-corrected chi connectivity index (χ2v) is 4.16. The molecule has 0 aliphatic heterocycles. The van der Waals surface area contributed by atoms with Crippen LogP contribution < -0.4 is 5.32 Å². The first-order chi connectivity index (χ1) is 8.36. The Morgan fingerprint density at radius 2 is 2.18 bits per heavy atom. The molecule has 92 valence electrons. The molecule has 0 saturated carbocycles. The van der Waals surface area contributed by atoms with E-state index in [1.807, 2.05) is 31.5 Å². The third-order valence-electron chi connectivity index (χ3n) is 3.08. The maximum absolute atomic E-state index is 5.57. The van der Waals surface area contributed by atoms with Crippen molar-refractivity contribution in [2.75, 3.05) is 20.8 Å². The smallest absolute Gasteiger partial charge is 0.134 e. The molecule has 3 nitrogen and oxygen atoms in total. The van der Waals surface area contributed by atoms with Gasteiger partial charge in [-0.2, -0.15) is 0 Å². The van der Waals surface area contributed by atoms with Gasteiger partial charge < -0.3 is 14.5 Å². The van der Waals surface area contributed by atoms with E-state index in [0.29, 0.717) is 6.04 Å². The number of rotatable bonds is 6. The number of methoxy groups -OCH3 is 1. The lowest BCUT2D eigenvalue weighted by molar-refractivity contribution is 0.189. The number of ether oxygens (including phenoxy) is 1. The van der Waals surface area contributed by atoms with E-state index in [0.717, 1.165) is 25.0 Å². The lowest BCUT2D eigenvalue weighted by Gasteiger charge is -2.14. The Hall–Kier alpha value is -1.32. The van der Waals surface area contributed by atoms with E-state index in [1.54, 1.807) is 7.11 Å². The van der Waals surface area contributed by atoms with Gasteiger partial charge in [-0.05, 0) is 26.0 Å². The van der Waals surface area contributed by atoms with Gasteiger partial charge in [0.1, 0.15) is 5.58 Å². The molecule has 0 radical (unpaired) electrons. The minimum atomic E-state index is 0.328. The zero-order valence-corrected chi connectivity index (χ0v) is 10.4. The van der Waals surface area contributed by atoms with Gasteiger partial charge in [0.2, 0.25) is 0 Å². The molecule has 0 fully saturated rings. The van der Waals surface area contributed by atoms with Crippen LogP contribution >= 0.6 is 0 Å². The van der Waals surface area contributed by atoms with Gasteiger partial charge in [-0.25, -0.2) is 0 Å². The average molecular weight is 233 g/mol. The van der Waals surface area contributed by atoms with E-state index < -0.39 is 0 Å². The van der Waals surface area contributed by atoms with Crippen LogP contribution in [0.3, 0.4) is 0 Å². The monoisotopic (exact) mass is 233 g/mol. The van der Waals surface area contributed by atoms with Crippen LogP contribution in [0.4, 0.5) is 0 Å². The fourth-order valence-corrected chi connectivity index (χ4v) is 2.16. The van der Waals surface area contributed by atoms with Crippen LogP contribution in [0.15, 0.2) is 34.9 Å². The molecule has 0 amide bonds. The predicted molar refractivity (Wildman–Crippen MR) is 69.1 cm³/mol. The SMILES string of the molecule is CNC(CCCOC)c1coc2ccccc12. The van der Waals surface area contributed by atoms with Crippen LogP contribution in [0.5, 0.6) is 0 Å². The van der Waals surface area contributed by atoms with Crippen LogP contribution in [0.2, 0.25) is 0 Å². The Kier molecular flexibility index (Phi) is 4.18. The average Bonchev–Trinajstić information content (AvgIpc) is 2.79. The maximum Gasteiger partial charge on any atom is 0.134 e. The van der Waals surface area contributed by atoms with Gasteiger partial charge in [0, 0.05) is 30.7 Å². The second-order valence-electron chi connectivity index (χ2n) is 4.16. The van der Waals surface area contributed by atoms with Crippen molar-refractivity contribution >= 4 is 11.0 Å². The highest BCUT2D eigenvalue weighted by molar-refractivity contribution is 5.81. The first-order valence-corrected chi connectivity index (χ1v) is 5.99. The van der Waals surface area contributed by atoms with E-state index in [4.69, 9.17) is 9.15 Å². The van der Waals surface area contributed by atoms with Crippen LogP contribution in [-0.2, 0) is 4.74 Å². The molecular weight excluding hydrogens is 214 g/mol. The summed E-state index contributed by atoms with van der Waals surface area (Å²) in [4.78, 5) is 0. The predicted octanol–water partition coefficient (Wildman–Crippen LogP) is 3.12. The largest absolute Gasteiger partial charge is 0.464 e. The molecule has 0 bridgehead atoms. The van der Waals surface area contributed by atoms with Crippen molar-refractivity contribution in [1.29, 1.82) is 0 Å². The van der Waals surface area contributed by atoms with Crippen LogP contribution in [0, 0.1) is 0 Å². The van der Waals surface area contributed by atoms with E-state index in [-0.39, 0.29) is 0 Å². The van der Waals surface area contributed by atoms with Gasteiger partial charge in [0.05, 0.1) is 6.26 Å². The molecular formula is C14H19NO2. The number of nitrogens with one attached hydrogen (secondary N) is 1. The maximum atomic E-state index is 5.57. The number of para-hydroxylation sites is 1. The Balaban J connectivity index is 2.18. The number of fused-ring (bicyclic) bond motifs is 1. The highest BCUT2D eigenvalue weighted by Crippen LogP contribution is 2.28. The standard InChI is InChI=1S/C14H19NO2/c1-15-13(7-5-9-16-2)12-10-17-14-8-4-3-6-11(12)14/h3-4,6,8,10,13,15H,5,7,9H2,1-2H3. The number of hydrogen-bond acceptors (Lipinski definition) is 3. The molecule has 0 saturated heterocycles. The highest BCUT2D eigenvalue weighted by Gasteiger charge is 2.14. The molecule has 0 aliphatic carbocycles. The van der Waals surface area contributed by atoms with Crippen LogP contribution in [0.1, 0.15) is 24.4 Å². The first-order valence-electron chi connectivity index (χ1n) is 5.99. The quantitative estimate of drug-likeness (QED) is 0.778. The van der Waals surface area contributed by atoms with Crippen molar-refractivity contribution in [3.63, 3.8) is 0 Å². The lowest BCUT2D eigenvalue weighted by Crippen LogP contribution is -2.16. The molecule has 1 unspecified atom stereocenters. The van der Waals surface area contributed by atoms with Gasteiger partial charge in [0.25, 0.3) is 0 Å². The van der Waals surface area contributed by atoms with E-state index in [2.05, 4.69) is 11.4 Å². The first kappa shape index (κ1) is 12.1. The Morgan fingerprint density at radius 1 is 1.35 bits per heavy atom. The van der Waals surface area contributed by atoms with Crippen molar-refractivity contribution in [1.82, 2.24) is 5.32 Å². The molecule has 1 N–H and O–H groups in total. The minimum Gasteiger partial charge on any atom is -0.464 e. The molecule has 1 heterocycles. The van der Waals surface area contributed by atoms with Crippen molar-refractivity contribution in [3.8, 4) is 0 Å². The van der Waals surface area contributed by atoms with Gasteiger partial charge in [0.15, 0.2) is 0 Å². The van der Waals surface area contributed by atoms with E-state index in [1.165, 1.54) is 10.9 Å². The van der Waals surface area contributed by atoms with Gasteiger partial charge >= 0.3 is 0 Å². The summed E-state index contributed by atoms with van der Waals surface area (Å²) in [5, 5.41) is 4.54. The van der Waals surface area contributed by atoms with Crippen molar-refractivity contribution in [2.24, 2.45) is 0 Å². The third kappa shape index (κ3) is 2.68. The van der Waals surface area contributed by atoms with Gasteiger partial charge in [-0.3, -0.25) is 0 Å². The van der Waals surface area contributed by atoms with E-state index in [9.17, 15) is 0 Å². The number of hydrogen-bond donors (Lipinski definition) is 1. The van der Waals surface area contributed by atoms with Crippen molar-refractivity contribution in [3.05, 3.63) is 36.1 Å². The summed E-state index contributed by atoms with van der Waals surface area (Å²) in [6.07, 6.45) is 3.95. The van der Waals surface area contributed by atoms with Crippen LogP contribution in [0.25, 0.3) is 11.0 Å². The minimum absolute atomic E-state index is 0.328. The molecule has 0 aliphatic rings. The molecule has 1 aromatic carbocycles. The zero-order chi connectivity index (χ0) is 12.1. The summed E-state index contributed by atoms with van der Waals surface area (Å²) < 4.78 is 10.7. The van der Waals surface area contributed by atoms with E-state index >= 15 is 0 Å². The summed E-state index contributed by atoms with van der Waals surface area (Å²) in [5.41, 5.74) is 2.19. The molecule has 2 rings (SSSR count). The number of benzene rings is 1. The van der Waals surface area contributed by atoms with Gasteiger partial charge in [-0.1, -0.05) is 18.2 Å². The second kappa shape index (κ2) is 5.84. The fourth-order valence-electron chi connectivity index (χ4n) is 2.16. The zero-order valence-electron chi connectivity index (χ0n) is 10.4. The summed E-state index contributed by atoms with van der Waals surface area (Å²) in [5.74, 6) is 0. The molecule has 1 aromatic heterocycles. The fraction of sp³-hybridized carbons (Fsp3) is 0.429. The Labute approximate surface area is 102 Å². The third-order valence-corrected chi connectivity index (χ3v) is 3.08. The number of furan rings is 1. The summed E-state index contributed by atoms with van der Waals surface area (Å²) in [6.45, 7) is 0.800. The van der Waals surface area contributed by atoms with Crippen molar-refractivity contribution < 1.29 is 9.15 Å². The molecule has 0 spiro atoms.